The van der Waals surface area contributed by atoms with Crippen molar-refractivity contribution in [2.24, 2.45) is 0 Å². The zero-order chi connectivity index (χ0) is 0. The number of rotatable bonds is 0. The third-order valence-corrected chi connectivity index (χ3v) is 0. The largest absolute Gasteiger partial charge is 1.00 e. The molecule has 0 aliphatic carbocycles. The van der Waals surface area contributed by atoms with E-state index in [1.54, 1.807) is 0 Å². The fourth-order valence-corrected chi connectivity index (χ4v) is 0. The molecule has 2 N–H and O–H groups in total. The van der Waals surface area contributed by atoms with Crippen LogP contribution < -0.4 is 37.7 Å². The van der Waals surface area contributed by atoms with Crippen molar-refractivity contribution in [3.05, 3.63) is 0 Å². The Kier molecular flexibility index (Phi) is 560. The van der Waals surface area contributed by atoms with Gasteiger partial charge in [0.1, 0.15) is 0 Å². The van der Waals surface area contributed by atoms with Crippen LogP contribution in [0.4, 0.5) is 0 Å². The van der Waals surface area contributed by atoms with E-state index in [1.165, 1.54) is 0 Å². The molecule has 2 nitrogen and oxygen atoms in total. The zero-order valence-electron chi connectivity index (χ0n) is 2.89. The molecular weight excluding hydrogens is 45.9 g/mol. The van der Waals surface area contributed by atoms with Gasteiger partial charge in [0.25, 0.3) is 0 Å². The second-order valence-electron chi connectivity index (χ2n) is 0. The van der Waals surface area contributed by atoms with E-state index >= 15 is 0 Å². The van der Waals surface area contributed by atoms with Gasteiger partial charge in [0.05, 0.1) is 0 Å². The van der Waals surface area contributed by atoms with Crippen LogP contribution in [0.1, 0.15) is 0 Å². The van der Waals surface area contributed by atoms with E-state index < -0.39 is 0 Å². The van der Waals surface area contributed by atoms with Gasteiger partial charge in [0.2, 0.25) is 0 Å². The second-order valence-corrected chi connectivity index (χ2v) is 0. The predicted octanol–water partition coefficient (Wildman–Crippen LogP) is -6.35. The Morgan fingerprint density at radius 2 is 0.500 bits per heavy atom. The normalized spacial score (nSPS) is 0. The average molecular weight is 47.9 g/mol. The Morgan fingerprint density at radius 3 is 0.500 bits per heavy atom. The van der Waals surface area contributed by atoms with E-state index in [9.17, 15) is 0 Å². The molecule has 0 unspecified atom stereocenters. The monoisotopic (exact) mass is 48.0 g/mol. The van der Waals surface area contributed by atoms with E-state index in [2.05, 4.69) is 0 Å². The molecule has 0 fully saturated rings. The van der Waals surface area contributed by atoms with E-state index in [-0.39, 0.29) is 48.7 Å². The van der Waals surface area contributed by atoms with Gasteiger partial charge in [-0.25, -0.2) is 0 Å². The van der Waals surface area contributed by atoms with Gasteiger partial charge < -0.3 is 11.0 Å². The van der Waals surface area contributed by atoms with Crippen molar-refractivity contribution in [2.45, 2.75) is 0 Å². The van der Waals surface area contributed by atoms with Gasteiger partial charge in [-0.15, -0.1) is 0 Å². The van der Waals surface area contributed by atoms with E-state index in [0.29, 0.717) is 0 Å². The van der Waals surface area contributed by atoms with Crippen LogP contribution >= 0.6 is 0 Å². The third kappa shape index (κ3) is 11.2. The molecule has 4 heavy (non-hydrogen) atoms. The quantitative estimate of drug-likeness (QED) is 0.255. The van der Waals surface area contributed by atoms with Crippen LogP contribution in [0.2, 0.25) is 0 Å². The summed E-state index contributed by atoms with van der Waals surface area (Å²) in [5.74, 6) is 0. The standard InChI is InChI=1S/2Li.2H2O/h;;2*1H2/q2*+1;;/p-2. The van der Waals surface area contributed by atoms with Crippen molar-refractivity contribution in [2.75, 3.05) is 0 Å². The van der Waals surface area contributed by atoms with Crippen LogP contribution in [0.25, 0.3) is 0 Å². The predicted molar refractivity (Wildman–Crippen MR) is 3.87 cm³/mol. The average Bonchev–Trinajstić information content (AvgIpc) is 0. The van der Waals surface area contributed by atoms with Crippen LogP contribution in [0.3, 0.4) is 0 Å². The molecule has 4 heteroatoms. The number of hydrogen-bond acceptors (Lipinski definition) is 2. The first kappa shape index (κ1) is 69.7. The Labute approximate surface area is 48.9 Å². The van der Waals surface area contributed by atoms with E-state index in [4.69, 9.17) is 0 Å². The molecule has 0 saturated carbocycles. The summed E-state index contributed by atoms with van der Waals surface area (Å²) in [6, 6.07) is 0. The third-order valence-electron chi connectivity index (χ3n) is 0. The SMILES string of the molecule is [Li+].[Li+].[OH-].[OH-]. The van der Waals surface area contributed by atoms with Gasteiger partial charge in [0.15, 0.2) is 0 Å². The van der Waals surface area contributed by atoms with Gasteiger partial charge in [-0.3, -0.25) is 0 Å². The summed E-state index contributed by atoms with van der Waals surface area (Å²) >= 11 is 0. The van der Waals surface area contributed by atoms with Crippen LogP contribution in [0.15, 0.2) is 0 Å². The molecule has 0 radical (unpaired) electrons. The van der Waals surface area contributed by atoms with Crippen molar-refractivity contribution in [1.82, 2.24) is 0 Å². The van der Waals surface area contributed by atoms with Crippen molar-refractivity contribution < 1.29 is 48.7 Å². The number of hydrogen-bond donors (Lipinski definition) is 0. The van der Waals surface area contributed by atoms with E-state index in [0.717, 1.165) is 0 Å². The van der Waals surface area contributed by atoms with Crippen LogP contribution in [0.5, 0.6) is 0 Å². The van der Waals surface area contributed by atoms with Crippen LogP contribution in [-0.4, -0.2) is 11.0 Å². The summed E-state index contributed by atoms with van der Waals surface area (Å²) in [4.78, 5) is 0. The van der Waals surface area contributed by atoms with Gasteiger partial charge >= 0.3 is 37.7 Å². The summed E-state index contributed by atoms with van der Waals surface area (Å²) in [5, 5.41) is 0. The molecule has 0 saturated heterocycles. The van der Waals surface area contributed by atoms with Crippen molar-refractivity contribution in [3.63, 3.8) is 0 Å². The molecule has 0 aromatic carbocycles. The maximum atomic E-state index is 0. The molecule has 0 rings (SSSR count). The fourth-order valence-electron chi connectivity index (χ4n) is 0. The topological polar surface area (TPSA) is 60.0 Å². The minimum Gasteiger partial charge on any atom is -0.870 e. The molecular formula is H2Li2O2. The zero-order valence-corrected chi connectivity index (χ0v) is 2.89. The van der Waals surface area contributed by atoms with Gasteiger partial charge in [-0.05, 0) is 0 Å². The van der Waals surface area contributed by atoms with Crippen molar-refractivity contribution in [1.29, 1.82) is 0 Å². The summed E-state index contributed by atoms with van der Waals surface area (Å²) in [7, 11) is 0. The Morgan fingerprint density at radius 1 is 0.500 bits per heavy atom. The van der Waals surface area contributed by atoms with Crippen molar-refractivity contribution in [3.8, 4) is 0 Å². The maximum Gasteiger partial charge on any atom is 1.00 e. The van der Waals surface area contributed by atoms with E-state index in [1.807, 2.05) is 0 Å². The summed E-state index contributed by atoms with van der Waals surface area (Å²) in [6.45, 7) is 0. The first-order valence-corrected chi connectivity index (χ1v) is 0. The Bertz CT molecular complexity index is 4.00. The van der Waals surface area contributed by atoms with Crippen LogP contribution in [-0.2, 0) is 0 Å². The molecule has 0 aromatic heterocycles. The molecule has 0 heterocycles. The Hall–Kier alpha value is 1.11. The van der Waals surface area contributed by atoms with Gasteiger partial charge in [0, 0.05) is 0 Å². The molecule has 16 valence electrons. The molecule has 0 spiro atoms. The molecule has 0 aromatic rings. The Balaban J connectivity index is 0. The first-order chi connectivity index (χ1) is 0. The molecule has 0 aliphatic rings. The van der Waals surface area contributed by atoms with Crippen molar-refractivity contribution >= 4 is 0 Å². The van der Waals surface area contributed by atoms with Gasteiger partial charge in [-0.2, -0.15) is 0 Å². The second kappa shape index (κ2) is 32.1. The molecule has 0 aliphatic heterocycles. The smallest absolute Gasteiger partial charge is 0.870 e. The molecule has 0 atom stereocenters. The summed E-state index contributed by atoms with van der Waals surface area (Å²) in [6.07, 6.45) is 0. The summed E-state index contributed by atoms with van der Waals surface area (Å²) in [5.41, 5.74) is 0. The van der Waals surface area contributed by atoms with Crippen LogP contribution in [0, 0.1) is 0 Å². The molecule has 0 amide bonds. The molecule has 0 bridgehead atoms. The minimum absolute atomic E-state index is 0. The maximum absolute atomic E-state index is 0. The fraction of sp³-hybridized carbons (Fsp3) is 0. The first-order valence-electron chi connectivity index (χ1n) is 0. The van der Waals surface area contributed by atoms with Gasteiger partial charge in [-0.1, -0.05) is 0 Å². The minimum atomic E-state index is 0. The summed E-state index contributed by atoms with van der Waals surface area (Å²) < 4.78 is 0.